The highest BCUT2D eigenvalue weighted by atomic mass is 16.5. The van der Waals surface area contributed by atoms with Crippen molar-refractivity contribution in [3.05, 3.63) is 0 Å². The molecule has 0 radical (unpaired) electrons. The van der Waals surface area contributed by atoms with Crippen LogP contribution in [0.3, 0.4) is 0 Å². The van der Waals surface area contributed by atoms with Crippen molar-refractivity contribution >= 4 is 5.97 Å². The van der Waals surface area contributed by atoms with Crippen LogP contribution in [0, 0.1) is 28.1 Å². The predicted octanol–water partition coefficient (Wildman–Crippen LogP) is 1.77. The maximum Gasteiger partial charge on any atom is 0.326 e. The molecule has 4 nitrogen and oxygen atoms in total. The van der Waals surface area contributed by atoms with Crippen LogP contribution in [0.5, 0.6) is 0 Å². The third kappa shape index (κ3) is 3.45. The molecule has 1 atom stereocenters. The molecule has 14 heavy (non-hydrogen) atoms. The zero-order chi connectivity index (χ0) is 11.2. The molecule has 0 aliphatic carbocycles. The third-order valence-electron chi connectivity index (χ3n) is 1.78. The molecule has 0 aromatic heterocycles. The van der Waals surface area contributed by atoms with E-state index in [1.165, 1.54) is 6.92 Å². The summed E-state index contributed by atoms with van der Waals surface area (Å²) in [5.41, 5.74) is -1.19. The summed E-state index contributed by atoms with van der Waals surface area (Å²) >= 11 is 0. The van der Waals surface area contributed by atoms with Gasteiger partial charge in [-0.05, 0) is 27.2 Å². The SMILES string of the molecule is CC(C)OC(=O)C(C)(C#N)CCC#N. The molecule has 0 aromatic carbocycles. The molecule has 0 amide bonds. The van der Waals surface area contributed by atoms with Crippen LogP contribution in [0.4, 0.5) is 0 Å². The van der Waals surface area contributed by atoms with E-state index in [1.807, 2.05) is 12.1 Å². The molecule has 0 aliphatic heterocycles. The summed E-state index contributed by atoms with van der Waals surface area (Å²) in [6.45, 7) is 4.94. The molecule has 4 heteroatoms. The Morgan fingerprint density at radius 1 is 1.50 bits per heavy atom. The van der Waals surface area contributed by atoms with Gasteiger partial charge in [-0.1, -0.05) is 0 Å². The lowest BCUT2D eigenvalue weighted by molar-refractivity contribution is -0.155. The fourth-order valence-electron chi connectivity index (χ4n) is 0.854. The zero-order valence-corrected chi connectivity index (χ0v) is 8.70. The molecule has 0 spiro atoms. The van der Waals surface area contributed by atoms with Gasteiger partial charge in [0.25, 0.3) is 0 Å². The van der Waals surface area contributed by atoms with E-state index in [4.69, 9.17) is 15.3 Å². The van der Waals surface area contributed by atoms with Crippen LogP contribution in [0.15, 0.2) is 0 Å². The van der Waals surface area contributed by atoms with E-state index in [9.17, 15) is 4.79 Å². The number of carbonyl (C=O) groups excluding carboxylic acids is 1. The molecule has 0 N–H and O–H groups in total. The van der Waals surface area contributed by atoms with Crippen molar-refractivity contribution in [2.24, 2.45) is 5.41 Å². The number of nitriles is 2. The van der Waals surface area contributed by atoms with Crippen LogP contribution < -0.4 is 0 Å². The van der Waals surface area contributed by atoms with Crippen LogP contribution in [-0.4, -0.2) is 12.1 Å². The van der Waals surface area contributed by atoms with Crippen molar-refractivity contribution in [1.82, 2.24) is 0 Å². The van der Waals surface area contributed by atoms with Gasteiger partial charge in [-0.15, -0.1) is 0 Å². The zero-order valence-electron chi connectivity index (χ0n) is 8.70. The Labute approximate surface area is 84.1 Å². The molecule has 0 fully saturated rings. The maximum absolute atomic E-state index is 11.5. The molecule has 0 heterocycles. The smallest absolute Gasteiger partial charge is 0.326 e. The monoisotopic (exact) mass is 194 g/mol. The Bertz CT molecular complexity index is 285. The Hall–Kier alpha value is -1.55. The summed E-state index contributed by atoms with van der Waals surface area (Å²) in [7, 11) is 0. The number of esters is 1. The van der Waals surface area contributed by atoms with Crippen LogP contribution in [0.1, 0.15) is 33.6 Å². The van der Waals surface area contributed by atoms with E-state index < -0.39 is 11.4 Å². The van der Waals surface area contributed by atoms with E-state index in [0.29, 0.717) is 0 Å². The maximum atomic E-state index is 11.5. The highest BCUT2D eigenvalue weighted by Crippen LogP contribution is 2.24. The Morgan fingerprint density at radius 3 is 2.43 bits per heavy atom. The summed E-state index contributed by atoms with van der Waals surface area (Å²) in [6.07, 6.45) is 0.153. The summed E-state index contributed by atoms with van der Waals surface area (Å²) in [5.74, 6) is -0.551. The second-order valence-electron chi connectivity index (χ2n) is 3.56. The number of nitrogens with zero attached hydrogens (tertiary/aromatic N) is 2. The van der Waals surface area contributed by atoms with Crippen LogP contribution in [0.25, 0.3) is 0 Å². The molecule has 1 unspecified atom stereocenters. The summed E-state index contributed by atoms with van der Waals surface area (Å²) in [4.78, 5) is 11.5. The first-order chi connectivity index (χ1) is 6.46. The molecule has 0 rings (SSSR count). The van der Waals surface area contributed by atoms with Gasteiger partial charge < -0.3 is 4.74 Å². The summed E-state index contributed by atoms with van der Waals surface area (Å²) in [6, 6.07) is 3.80. The fourth-order valence-corrected chi connectivity index (χ4v) is 0.854. The van der Waals surface area contributed by atoms with Crippen LogP contribution in [0.2, 0.25) is 0 Å². The molecule has 0 saturated carbocycles. The first kappa shape index (κ1) is 12.4. The first-order valence-electron chi connectivity index (χ1n) is 4.45. The van der Waals surface area contributed by atoms with Gasteiger partial charge in [0.15, 0.2) is 5.41 Å². The minimum Gasteiger partial charge on any atom is -0.462 e. The van der Waals surface area contributed by atoms with Gasteiger partial charge in [-0.2, -0.15) is 10.5 Å². The van der Waals surface area contributed by atoms with Crippen molar-refractivity contribution < 1.29 is 9.53 Å². The number of carbonyl (C=O) groups is 1. The lowest BCUT2D eigenvalue weighted by Gasteiger charge is -2.19. The van der Waals surface area contributed by atoms with Gasteiger partial charge in [-0.3, -0.25) is 4.79 Å². The number of hydrogen-bond donors (Lipinski definition) is 0. The average Bonchev–Trinajstić information content (AvgIpc) is 2.13. The first-order valence-corrected chi connectivity index (χ1v) is 4.45. The molecule has 0 aliphatic rings. The van der Waals surface area contributed by atoms with Crippen molar-refractivity contribution in [2.45, 2.75) is 39.7 Å². The lowest BCUT2D eigenvalue weighted by Crippen LogP contribution is -2.30. The van der Waals surface area contributed by atoms with Gasteiger partial charge in [-0.25, -0.2) is 0 Å². The van der Waals surface area contributed by atoms with Crippen LogP contribution in [-0.2, 0) is 9.53 Å². The van der Waals surface area contributed by atoms with E-state index in [2.05, 4.69) is 0 Å². The van der Waals surface area contributed by atoms with Gasteiger partial charge in [0.2, 0.25) is 0 Å². The third-order valence-corrected chi connectivity index (χ3v) is 1.78. The lowest BCUT2D eigenvalue weighted by atomic mass is 9.87. The fraction of sp³-hybridized carbons (Fsp3) is 0.700. The summed E-state index contributed by atoms with van der Waals surface area (Å²) in [5, 5.41) is 17.2. The molecule has 0 aromatic rings. The minimum atomic E-state index is -1.19. The predicted molar refractivity (Wildman–Crippen MR) is 49.8 cm³/mol. The van der Waals surface area contributed by atoms with E-state index >= 15 is 0 Å². The second kappa shape index (κ2) is 5.24. The van der Waals surface area contributed by atoms with Crippen molar-refractivity contribution in [3.63, 3.8) is 0 Å². The number of ether oxygens (including phenoxy) is 1. The van der Waals surface area contributed by atoms with Gasteiger partial charge in [0, 0.05) is 6.42 Å². The van der Waals surface area contributed by atoms with E-state index in [1.54, 1.807) is 13.8 Å². The molecule has 0 saturated heterocycles. The molecular weight excluding hydrogens is 180 g/mol. The standard InChI is InChI=1S/C10H14N2O2/c1-8(2)14-9(13)10(3,7-12)5-4-6-11/h8H,4-5H2,1-3H3. The Morgan fingerprint density at radius 2 is 2.07 bits per heavy atom. The Kier molecular flexibility index (Phi) is 4.66. The number of rotatable bonds is 4. The average molecular weight is 194 g/mol. The largest absolute Gasteiger partial charge is 0.462 e. The minimum absolute atomic E-state index is 0.178. The normalized spacial score (nSPS) is 13.9. The molecule has 0 bridgehead atoms. The highest BCUT2D eigenvalue weighted by molar-refractivity contribution is 5.79. The van der Waals surface area contributed by atoms with Gasteiger partial charge in [0.05, 0.1) is 18.2 Å². The van der Waals surface area contributed by atoms with E-state index in [0.717, 1.165) is 0 Å². The van der Waals surface area contributed by atoms with E-state index in [-0.39, 0.29) is 18.9 Å². The van der Waals surface area contributed by atoms with Crippen molar-refractivity contribution in [2.75, 3.05) is 0 Å². The Balaban J connectivity index is 4.47. The van der Waals surface area contributed by atoms with Crippen LogP contribution >= 0.6 is 0 Å². The quantitative estimate of drug-likeness (QED) is 0.639. The van der Waals surface area contributed by atoms with Gasteiger partial charge >= 0.3 is 5.97 Å². The van der Waals surface area contributed by atoms with Gasteiger partial charge in [0.1, 0.15) is 0 Å². The molecular formula is C10H14N2O2. The topological polar surface area (TPSA) is 73.9 Å². The second-order valence-corrected chi connectivity index (χ2v) is 3.56. The molecule has 76 valence electrons. The summed E-state index contributed by atoms with van der Waals surface area (Å²) < 4.78 is 4.93. The van der Waals surface area contributed by atoms with Crippen molar-refractivity contribution in [3.8, 4) is 12.1 Å². The highest BCUT2D eigenvalue weighted by Gasteiger charge is 2.35. The van der Waals surface area contributed by atoms with Crippen molar-refractivity contribution in [1.29, 1.82) is 10.5 Å². The number of hydrogen-bond acceptors (Lipinski definition) is 4.